The highest BCUT2D eigenvalue weighted by molar-refractivity contribution is 7.80. The van der Waals surface area contributed by atoms with Gasteiger partial charge in [0.25, 0.3) is 0 Å². The molecule has 0 fully saturated rings. The number of anilines is 1. The fourth-order valence-corrected chi connectivity index (χ4v) is 1.25. The Kier molecular flexibility index (Phi) is 4.24. The number of hydrogen-bond acceptors (Lipinski definition) is 3. The van der Waals surface area contributed by atoms with Crippen LogP contribution in [0, 0.1) is 5.41 Å². The number of thiocarbonyl (C=S) groups is 1. The van der Waals surface area contributed by atoms with Crippen LogP contribution in [0.4, 0.5) is 5.69 Å². The van der Waals surface area contributed by atoms with Crippen molar-refractivity contribution >= 4 is 22.9 Å². The molecule has 0 spiro atoms. The first-order chi connectivity index (χ1) is 7.44. The zero-order valence-electron chi connectivity index (χ0n) is 10.1. The van der Waals surface area contributed by atoms with Gasteiger partial charge in [-0.15, -0.1) is 0 Å². The summed E-state index contributed by atoms with van der Waals surface area (Å²) >= 11 is 4.89. The normalized spacial score (nSPS) is 11.2. The average Bonchev–Trinajstić information content (AvgIpc) is 2.27. The first kappa shape index (κ1) is 12.9. The third-order valence-corrected chi connectivity index (χ3v) is 2.95. The Bertz CT molecular complexity index is 374. The van der Waals surface area contributed by atoms with Crippen molar-refractivity contribution < 1.29 is 0 Å². The van der Waals surface area contributed by atoms with Crippen molar-refractivity contribution in [1.29, 1.82) is 0 Å². The van der Waals surface area contributed by atoms with Crippen LogP contribution >= 0.6 is 12.2 Å². The minimum atomic E-state index is 0.284. The van der Waals surface area contributed by atoms with E-state index in [0.29, 0.717) is 10.7 Å². The molecule has 0 saturated carbocycles. The topological polar surface area (TPSA) is 50.9 Å². The Hall–Kier alpha value is -1.16. The molecule has 0 unspecified atom stereocenters. The van der Waals surface area contributed by atoms with E-state index in [1.807, 2.05) is 12.1 Å². The van der Waals surface area contributed by atoms with Crippen LogP contribution in [-0.2, 0) is 0 Å². The van der Waals surface area contributed by atoms with Gasteiger partial charge in [-0.25, -0.2) is 0 Å². The van der Waals surface area contributed by atoms with Crippen molar-refractivity contribution in [3.63, 3.8) is 0 Å². The largest absolute Gasteiger partial charge is 0.388 e. The molecule has 0 saturated heterocycles. The maximum Gasteiger partial charge on any atom is 0.122 e. The molecule has 1 aromatic heterocycles. The third kappa shape index (κ3) is 3.77. The van der Waals surface area contributed by atoms with E-state index >= 15 is 0 Å². The predicted molar refractivity (Wildman–Crippen MR) is 72.7 cm³/mol. The molecule has 0 atom stereocenters. The first-order valence-electron chi connectivity index (χ1n) is 5.44. The standard InChI is InChI=1S/C12H19N3S/c1-4-12(2,3)8-15-9-5-6-14-10(7-9)11(13)16/h5-7H,4,8H2,1-3H3,(H2,13,16)(H,14,15). The van der Waals surface area contributed by atoms with E-state index in [0.717, 1.165) is 18.7 Å². The minimum absolute atomic E-state index is 0.284. The molecule has 3 nitrogen and oxygen atoms in total. The van der Waals surface area contributed by atoms with Crippen LogP contribution < -0.4 is 11.1 Å². The summed E-state index contributed by atoms with van der Waals surface area (Å²) in [5.74, 6) is 0. The van der Waals surface area contributed by atoms with E-state index in [9.17, 15) is 0 Å². The van der Waals surface area contributed by atoms with Crippen LogP contribution in [0.25, 0.3) is 0 Å². The van der Waals surface area contributed by atoms with Crippen molar-refractivity contribution in [3.05, 3.63) is 24.0 Å². The molecule has 0 amide bonds. The zero-order valence-corrected chi connectivity index (χ0v) is 10.9. The monoisotopic (exact) mass is 237 g/mol. The van der Waals surface area contributed by atoms with Crippen LogP contribution in [0.5, 0.6) is 0 Å². The lowest BCUT2D eigenvalue weighted by atomic mass is 9.90. The Balaban J connectivity index is 2.68. The van der Waals surface area contributed by atoms with Gasteiger partial charge in [-0.3, -0.25) is 4.98 Å². The third-order valence-electron chi connectivity index (χ3n) is 2.74. The fourth-order valence-electron chi connectivity index (χ4n) is 1.14. The first-order valence-corrected chi connectivity index (χ1v) is 5.85. The number of nitrogens with zero attached hydrogens (tertiary/aromatic N) is 1. The Morgan fingerprint density at radius 2 is 2.25 bits per heavy atom. The molecule has 1 heterocycles. The quantitative estimate of drug-likeness (QED) is 0.773. The lowest BCUT2D eigenvalue weighted by molar-refractivity contribution is 0.377. The Labute approximate surface area is 102 Å². The molecule has 1 aromatic rings. The van der Waals surface area contributed by atoms with E-state index in [1.54, 1.807) is 6.20 Å². The second-order valence-electron chi connectivity index (χ2n) is 4.67. The molecule has 0 aliphatic carbocycles. The molecule has 88 valence electrons. The number of hydrogen-bond donors (Lipinski definition) is 2. The van der Waals surface area contributed by atoms with Crippen LogP contribution in [0.15, 0.2) is 18.3 Å². The summed E-state index contributed by atoms with van der Waals surface area (Å²) in [4.78, 5) is 4.43. The van der Waals surface area contributed by atoms with Gasteiger partial charge in [-0.05, 0) is 24.0 Å². The van der Waals surface area contributed by atoms with E-state index < -0.39 is 0 Å². The summed E-state index contributed by atoms with van der Waals surface area (Å²) in [6.45, 7) is 7.57. The summed E-state index contributed by atoms with van der Waals surface area (Å²) < 4.78 is 0. The summed E-state index contributed by atoms with van der Waals surface area (Å²) in [5.41, 5.74) is 7.49. The SMILES string of the molecule is CCC(C)(C)CNc1ccnc(C(N)=S)c1. The van der Waals surface area contributed by atoms with Gasteiger partial charge >= 0.3 is 0 Å². The molecule has 0 aromatic carbocycles. The van der Waals surface area contributed by atoms with E-state index in [4.69, 9.17) is 18.0 Å². The number of nitrogens with two attached hydrogens (primary N) is 1. The van der Waals surface area contributed by atoms with Gasteiger partial charge in [0, 0.05) is 18.4 Å². The number of pyridine rings is 1. The van der Waals surface area contributed by atoms with Gasteiger partial charge in [0.2, 0.25) is 0 Å². The molecule has 0 aliphatic heterocycles. The summed E-state index contributed by atoms with van der Waals surface area (Å²) in [5, 5.41) is 3.38. The highest BCUT2D eigenvalue weighted by atomic mass is 32.1. The summed E-state index contributed by atoms with van der Waals surface area (Å²) in [6.07, 6.45) is 2.85. The molecule has 1 rings (SSSR count). The zero-order chi connectivity index (χ0) is 12.2. The van der Waals surface area contributed by atoms with Gasteiger partial charge in [-0.2, -0.15) is 0 Å². The van der Waals surface area contributed by atoms with E-state index in [1.165, 1.54) is 0 Å². The molecular formula is C12H19N3S. The van der Waals surface area contributed by atoms with Crippen LogP contribution in [-0.4, -0.2) is 16.5 Å². The van der Waals surface area contributed by atoms with Gasteiger partial charge in [0.1, 0.15) is 4.99 Å². The molecule has 0 bridgehead atoms. The van der Waals surface area contributed by atoms with Crippen molar-refractivity contribution in [2.75, 3.05) is 11.9 Å². The maximum atomic E-state index is 5.53. The smallest absolute Gasteiger partial charge is 0.122 e. The molecule has 0 aliphatic rings. The minimum Gasteiger partial charge on any atom is -0.388 e. The number of nitrogens with one attached hydrogen (secondary N) is 1. The molecule has 3 N–H and O–H groups in total. The molecule has 16 heavy (non-hydrogen) atoms. The predicted octanol–water partition coefficient (Wildman–Crippen LogP) is 2.56. The second-order valence-corrected chi connectivity index (χ2v) is 5.11. The second kappa shape index (κ2) is 5.25. The molecule has 0 radical (unpaired) electrons. The van der Waals surface area contributed by atoms with E-state index in [2.05, 4.69) is 31.1 Å². The number of aromatic nitrogens is 1. The summed E-state index contributed by atoms with van der Waals surface area (Å²) in [6, 6.07) is 3.81. The Morgan fingerprint density at radius 1 is 1.56 bits per heavy atom. The lowest BCUT2D eigenvalue weighted by Crippen LogP contribution is -2.22. The van der Waals surface area contributed by atoms with Gasteiger partial charge in [0.05, 0.1) is 5.69 Å². The maximum absolute atomic E-state index is 5.53. The number of rotatable bonds is 5. The van der Waals surface area contributed by atoms with Gasteiger partial charge < -0.3 is 11.1 Å². The van der Waals surface area contributed by atoms with Crippen LogP contribution in [0.2, 0.25) is 0 Å². The Morgan fingerprint density at radius 3 is 2.81 bits per heavy atom. The van der Waals surface area contributed by atoms with Crippen LogP contribution in [0.3, 0.4) is 0 Å². The van der Waals surface area contributed by atoms with E-state index in [-0.39, 0.29) is 5.41 Å². The van der Waals surface area contributed by atoms with Crippen molar-refractivity contribution in [2.24, 2.45) is 11.1 Å². The van der Waals surface area contributed by atoms with Crippen molar-refractivity contribution in [1.82, 2.24) is 4.98 Å². The van der Waals surface area contributed by atoms with Crippen molar-refractivity contribution in [2.45, 2.75) is 27.2 Å². The van der Waals surface area contributed by atoms with Gasteiger partial charge in [0.15, 0.2) is 0 Å². The highest BCUT2D eigenvalue weighted by Gasteiger charge is 2.14. The average molecular weight is 237 g/mol. The van der Waals surface area contributed by atoms with Crippen molar-refractivity contribution in [3.8, 4) is 0 Å². The van der Waals surface area contributed by atoms with Gasteiger partial charge in [-0.1, -0.05) is 33.0 Å². The highest BCUT2D eigenvalue weighted by Crippen LogP contribution is 2.20. The van der Waals surface area contributed by atoms with Crippen LogP contribution in [0.1, 0.15) is 32.9 Å². The summed E-state index contributed by atoms with van der Waals surface area (Å²) in [7, 11) is 0. The molecular weight excluding hydrogens is 218 g/mol. The fraction of sp³-hybridized carbons (Fsp3) is 0.500. The molecule has 4 heteroatoms. The lowest BCUT2D eigenvalue weighted by Gasteiger charge is -2.23.